The van der Waals surface area contributed by atoms with Gasteiger partial charge in [-0.3, -0.25) is 0 Å². The summed E-state index contributed by atoms with van der Waals surface area (Å²) in [5.74, 6) is 0.248. The Kier molecular flexibility index (Phi) is 12.8. The molecule has 12 nitrogen and oxygen atoms in total. The number of amidine groups is 1. The summed E-state index contributed by atoms with van der Waals surface area (Å²) in [6.45, 7) is 9.06. The van der Waals surface area contributed by atoms with Crippen LogP contribution in [0.1, 0.15) is 19.8 Å². The van der Waals surface area contributed by atoms with Gasteiger partial charge in [-0.05, 0) is 4.99 Å². The summed E-state index contributed by atoms with van der Waals surface area (Å²) in [6, 6.07) is 0. The van der Waals surface area contributed by atoms with E-state index in [1.807, 2.05) is 11.1 Å². The van der Waals surface area contributed by atoms with Gasteiger partial charge in [-0.25, -0.2) is 4.79 Å². The zero-order valence-corrected chi connectivity index (χ0v) is 19.9. The molecule has 34 heavy (non-hydrogen) atoms. The lowest BCUT2D eigenvalue weighted by atomic mass is 9.96. The maximum Gasteiger partial charge on any atom is 0.325 e. The smallest absolute Gasteiger partial charge is 0.325 e. The van der Waals surface area contributed by atoms with Crippen molar-refractivity contribution >= 4 is 18.5 Å². The molecule has 0 bridgehead atoms. The highest BCUT2D eigenvalue weighted by Crippen LogP contribution is 2.26. The van der Waals surface area contributed by atoms with Gasteiger partial charge in [0.25, 0.3) is 0 Å². The third-order valence-electron chi connectivity index (χ3n) is 5.43. The van der Waals surface area contributed by atoms with Crippen molar-refractivity contribution < 1.29 is 43.6 Å². The molecule has 2 aliphatic rings. The highest BCUT2D eigenvalue weighted by Gasteiger charge is 2.38. The summed E-state index contributed by atoms with van der Waals surface area (Å²) >= 11 is 0. The van der Waals surface area contributed by atoms with Crippen LogP contribution in [-0.2, 0) is 23.7 Å². The highest BCUT2D eigenvalue weighted by molar-refractivity contribution is 5.88. The van der Waals surface area contributed by atoms with Gasteiger partial charge in [0.05, 0.1) is 65.2 Å². The van der Waals surface area contributed by atoms with E-state index in [0.717, 1.165) is 0 Å². The van der Waals surface area contributed by atoms with Crippen molar-refractivity contribution in [3.05, 3.63) is 11.9 Å². The van der Waals surface area contributed by atoms with Gasteiger partial charge in [0.1, 0.15) is 18.8 Å². The van der Waals surface area contributed by atoms with E-state index in [9.17, 15) is 20.1 Å². The number of hydrogen-bond donors (Lipinski definition) is 4. The quantitative estimate of drug-likeness (QED) is 0.123. The normalized spacial score (nSPS) is 25.1. The Labute approximate surface area is 200 Å². The second kappa shape index (κ2) is 15.3. The first-order valence-corrected chi connectivity index (χ1v) is 11.5. The van der Waals surface area contributed by atoms with Gasteiger partial charge >= 0.3 is 11.7 Å². The molecule has 1 amide bonds. The molecule has 1 fully saturated rings. The van der Waals surface area contributed by atoms with Crippen LogP contribution in [-0.4, -0.2) is 134 Å². The highest BCUT2D eigenvalue weighted by atomic mass is 16.5. The third-order valence-corrected chi connectivity index (χ3v) is 5.43. The number of nitrogens with two attached hydrogens (primary N) is 1. The fourth-order valence-electron chi connectivity index (χ4n) is 3.60. The van der Waals surface area contributed by atoms with Gasteiger partial charge in [0.2, 0.25) is 0 Å². The minimum atomic E-state index is -1.13. The Balaban J connectivity index is 1.86. The number of carbonyl (C=O) groups is 1. The second-order valence-electron chi connectivity index (χ2n) is 8.17. The summed E-state index contributed by atoms with van der Waals surface area (Å²) in [6.07, 6.45) is -1.02. The fourth-order valence-corrected chi connectivity index (χ4v) is 3.60. The predicted molar refractivity (Wildman–Crippen MR) is 124 cm³/mol. The number of carbonyl (C=O) groups excluding carboxylic acids is 1. The van der Waals surface area contributed by atoms with Crippen LogP contribution < -0.4 is 5.73 Å². The minimum Gasteiger partial charge on any atom is -0.394 e. The molecule has 4 atom stereocenters. The molecule has 5 N–H and O–H groups in total. The van der Waals surface area contributed by atoms with E-state index < -0.39 is 31.0 Å². The van der Waals surface area contributed by atoms with Gasteiger partial charge in [0.15, 0.2) is 5.70 Å². The maximum absolute atomic E-state index is 11.8. The zero-order valence-electron chi connectivity index (χ0n) is 19.9. The Morgan fingerprint density at radius 2 is 1.88 bits per heavy atom. The van der Waals surface area contributed by atoms with Gasteiger partial charge in [-0.15, -0.1) is 0 Å². The van der Waals surface area contributed by atoms with Crippen LogP contribution >= 0.6 is 0 Å². The molecular weight excluding hydrogens is 448 g/mol. The molecule has 2 rings (SSSR count). The topological polar surface area (TPSA) is 159 Å². The van der Waals surface area contributed by atoms with E-state index >= 15 is 0 Å². The number of aliphatic hydroxyl groups is 3. The molecule has 0 unspecified atom stereocenters. The largest absolute Gasteiger partial charge is 0.394 e. The van der Waals surface area contributed by atoms with E-state index in [4.69, 9.17) is 24.7 Å². The number of hydrogen-bond acceptors (Lipinski definition) is 11. The van der Waals surface area contributed by atoms with Crippen molar-refractivity contribution in [1.82, 2.24) is 4.90 Å². The molecule has 0 aromatic rings. The molecule has 12 heteroatoms. The fraction of sp³-hybridized carbons (Fsp3) is 0.773. The van der Waals surface area contributed by atoms with E-state index in [1.165, 1.54) is 11.5 Å². The Hall–Kier alpha value is -1.77. The molecule has 0 aromatic heterocycles. The maximum atomic E-state index is 11.8. The van der Waals surface area contributed by atoms with E-state index in [1.54, 1.807) is 0 Å². The third kappa shape index (κ3) is 9.47. The van der Waals surface area contributed by atoms with Crippen molar-refractivity contribution in [3.63, 3.8) is 0 Å². The monoisotopic (exact) mass is 487 g/mol. The summed E-state index contributed by atoms with van der Waals surface area (Å²) in [4.78, 5) is 18.4. The van der Waals surface area contributed by atoms with Crippen molar-refractivity contribution in [1.29, 1.82) is 0 Å². The van der Waals surface area contributed by atoms with Gasteiger partial charge in [0, 0.05) is 39.1 Å². The summed E-state index contributed by atoms with van der Waals surface area (Å²) in [5.41, 5.74) is 5.99. The SMILES string of the molecule is C=[N+](C(C)=O)C1=NC(C[C@@H]2C[C@@H](O)[C@@H](O)[C@@H](CO)O2)=CN(CCOCCOCCOCCN)C1. The lowest BCUT2D eigenvalue weighted by Gasteiger charge is -2.36. The van der Waals surface area contributed by atoms with Crippen LogP contribution in [0.3, 0.4) is 0 Å². The molecule has 2 aliphatic heterocycles. The van der Waals surface area contributed by atoms with Crippen molar-refractivity contribution in [2.45, 2.75) is 44.2 Å². The van der Waals surface area contributed by atoms with Crippen molar-refractivity contribution in [2.24, 2.45) is 10.7 Å². The van der Waals surface area contributed by atoms with E-state index in [2.05, 4.69) is 11.7 Å². The van der Waals surface area contributed by atoms with E-state index in [0.29, 0.717) is 77.2 Å². The molecular formula is C22H39N4O8+. The molecule has 2 heterocycles. The molecule has 0 saturated carbocycles. The number of ether oxygens (including phenoxy) is 4. The Bertz CT molecular complexity index is 717. The molecule has 0 spiro atoms. The van der Waals surface area contributed by atoms with Crippen LogP contribution in [0.2, 0.25) is 0 Å². The van der Waals surface area contributed by atoms with Gasteiger partial charge in [-0.1, -0.05) is 0 Å². The summed E-state index contributed by atoms with van der Waals surface area (Å²) in [7, 11) is 0. The molecule has 1 saturated heterocycles. The lowest BCUT2D eigenvalue weighted by Crippen LogP contribution is -2.50. The number of aliphatic hydroxyl groups excluding tert-OH is 3. The summed E-state index contributed by atoms with van der Waals surface area (Å²) < 4.78 is 23.3. The van der Waals surface area contributed by atoms with Gasteiger partial charge < -0.3 is 44.9 Å². The lowest BCUT2D eigenvalue weighted by molar-refractivity contribution is -0.331. The molecule has 0 aromatic carbocycles. The standard InChI is InChI=1S/C22H39N4O8/c1-16(28)25(2)21-14-26(4-6-32-8-10-33-9-7-31-5-3-23)13-17(24-21)11-18-12-19(29)22(30)20(15-27)34-18/h13,18-20,22,27,29-30H,2-12,14-15,23H2,1H3/q+1/t18-,19-,20-,22-/m1/s1. The Morgan fingerprint density at radius 1 is 1.24 bits per heavy atom. The summed E-state index contributed by atoms with van der Waals surface area (Å²) in [5, 5.41) is 29.4. The first-order valence-electron chi connectivity index (χ1n) is 11.5. The molecule has 0 aliphatic carbocycles. The van der Waals surface area contributed by atoms with Crippen molar-refractivity contribution in [2.75, 3.05) is 65.9 Å². The number of amides is 1. The van der Waals surface area contributed by atoms with Crippen molar-refractivity contribution in [3.8, 4) is 0 Å². The predicted octanol–water partition coefficient (Wildman–Crippen LogP) is -1.93. The molecule has 0 radical (unpaired) electrons. The van der Waals surface area contributed by atoms with Crippen LogP contribution in [0, 0.1) is 0 Å². The first kappa shape index (κ1) is 28.5. The van der Waals surface area contributed by atoms with Crippen LogP contribution in [0.5, 0.6) is 0 Å². The first-order chi connectivity index (χ1) is 16.3. The average Bonchev–Trinajstić information content (AvgIpc) is 2.81. The Morgan fingerprint density at radius 3 is 2.50 bits per heavy atom. The van der Waals surface area contributed by atoms with Crippen LogP contribution in [0.4, 0.5) is 0 Å². The zero-order chi connectivity index (χ0) is 24.9. The second-order valence-corrected chi connectivity index (χ2v) is 8.17. The van der Waals surface area contributed by atoms with Crippen LogP contribution in [0.25, 0.3) is 0 Å². The van der Waals surface area contributed by atoms with Gasteiger partial charge in [-0.2, -0.15) is 4.58 Å². The van der Waals surface area contributed by atoms with Crippen LogP contribution in [0.15, 0.2) is 16.9 Å². The minimum absolute atomic E-state index is 0.209. The van der Waals surface area contributed by atoms with E-state index in [-0.39, 0.29) is 12.3 Å². The number of nitrogens with zero attached hydrogens (tertiary/aromatic N) is 3. The number of rotatable bonds is 14. The molecule has 194 valence electrons. The average molecular weight is 488 g/mol. The number of aliphatic imine (C=N–C) groups is 1.